The lowest BCUT2D eigenvalue weighted by molar-refractivity contribution is 1.08. The zero-order valence-corrected chi connectivity index (χ0v) is 26.4. The van der Waals surface area contributed by atoms with Crippen LogP contribution in [0, 0.1) is 0 Å². The van der Waals surface area contributed by atoms with Crippen molar-refractivity contribution in [1.82, 2.24) is 24.5 Å². The van der Waals surface area contributed by atoms with Crippen molar-refractivity contribution < 1.29 is 0 Å². The number of para-hydroxylation sites is 1. The van der Waals surface area contributed by atoms with Gasteiger partial charge < -0.3 is 0 Å². The fourth-order valence-corrected chi connectivity index (χ4v) is 8.26. The van der Waals surface area contributed by atoms with E-state index in [1.165, 1.54) is 20.9 Å². The first kappa shape index (κ1) is 26.9. The van der Waals surface area contributed by atoms with E-state index in [1.54, 1.807) is 11.3 Å². The molecular weight excluding hydrogens is 607 g/mol. The molecule has 0 saturated carbocycles. The van der Waals surface area contributed by atoms with Gasteiger partial charge in [0.15, 0.2) is 17.5 Å². The van der Waals surface area contributed by atoms with Gasteiger partial charge in [-0.05, 0) is 41.1 Å². The molecule has 0 saturated heterocycles. The van der Waals surface area contributed by atoms with Crippen molar-refractivity contribution in [2.75, 3.05) is 0 Å². The lowest BCUT2D eigenvalue weighted by Crippen LogP contribution is -2.00. The van der Waals surface area contributed by atoms with Crippen molar-refractivity contribution >= 4 is 64.2 Å². The van der Waals surface area contributed by atoms with Gasteiger partial charge in [-0.15, -0.1) is 11.3 Å². The van der Waals surface area contributed by atoms with Gasteiger partial charge in [0, 0.05) is 49.1 Å². The summed E-state index contributed by atoms with van der Waals surface area (Å²) in [6, 6.07) is 50.6. The Morgan fingerprint density at radius 2 is 1.06 bits per heavy atom. The molecule has 5 nitrogen and oxygen atoms in total. The van der Waals surface area contributed by atoms with Crippen molar-refractivity contribution in [1.29, 1.82) is 0 Å². The Labute approximate surface area is 279 Å². The molecule has 0 amide bonds. The van der Waals surface area contributed by atoms with Gasteiger partial charge >= 0.3 is 0 Å². The summed E-state index contributed by atoms with van der Waals surface area (Å²) >= 11 is 1.78. The molecule has 48 heavy (non-hydrogen) atoms. The lowest BCUT2D eigenvalue weighted by atomic mass is 10.0. The van der Waals surface area contributed by atoms with Crippen molar-refractivity contribution in [3.05, 3.63) is 152 Å². The van der Waals surface area contributed by atoms with Crippen molar-refractivity contribution in [3.63, 3.8) is 0 Å². The fourth-order valence-electron chi connectivity index (χ4n) is 6.95. The van der Waals surface area contributed by atoms with Crippen LogP contribution < -0.4 is 0 Å². The van der Waals surface area contributed by atoms with Crippen LogP contribution in [0.1, 0.15) is 0 Å². The molecule has 6 aromatic carbocycles. The fraction of sp³-hybridized carbons (Fsp3) is 0. The quantitative estimate of drug-likeness (QED) is 0.194. The summed E-state index contributed by atoms with van der Waals surface area (Å²) in [5.41, 5.74) is 6.13. The highest BCUT2D eigenvalue weighted by atomic mass is 32.1. The van der Waals surface area contributed by atoms with E-state index in [1.807, 2.05) is 30.5 Å². The normalized spacial score (nSPS) is 11.8. The van der Waals surface area contributed by atoms with Gasteiger partial charge in [-0.25, -0.2) is 19.9 Å². The number of fused-ring (bicyclic) bond motifs is 7. The molecule has 10 rings (SSSR count). The van der Waals surface area contributed by atoms with E-state index in [0.29, 0.717) is 17.5 Å². The zero-order valence-electron chi connectivity index (χ0n) is 25.6. The number of rotatable bonds is 4. The summed E-state index contributed by atoms with van der Waals surface area (Å²) in [4.78, 5) is 20.2. The van der Waals surface area contributed by atoms with Crippen LogP contribution in [-0.2, 0) is 0 Å². The monoisotopic (exact) mass is 631 g/mol. The topological polar surface area (TPSA) is 56.5 Å². The van der Waals surface area contributed by atoms with Crippen LogP contribution in [0.2, 0.25) is 0 Å². The molecule has 0 unspecified atom stereocenters. The second-order valence-electron chi connectivity index (χ2n) is 11.9. The maximum atomic E-state index is 5.19. The summed E-state index contributed by atoms with van der Waals surface area (Å²) in [6.45, 7) is 0. The number of hydrogen-bond acceptors (Lipinski definition) is 5. The molecule has 4 heterocycles. The SMILES string of the molecule is c1ccc(-c2nc(-c3cccc4ccccc34)nc(-c3cccc4c3sc3c(-n5c6ccccc6c6cccnc65)cccc34)n2)cc1. The smallest absolute Gasteiger partial charge is 0.165 e. The van der Waals surface area contributed by atoms with Crippen LogP contribution >= 0.6 is 11.3 Å². The lowest BCUT2D eigenvalue weighted by Gasteiger charge is -2.10. The first-order valence-corrected chi connectivity index (χ1v) is 16.7. The molecule has 10 aromatic rings. The summed E-state index contributed by atoms with van der Waals surface area (Å²) < 4.78 is 4.64. The van der Waals surface area contributed by atoms with E-state index in [2.05, 4.69) is 126 Å². The Bertz CT molecular complexity index is 2790. The van der Waals surface area contributed by atoms with Crippen LogP contribution in [0.4, 0.5) is 0 Å². The van der Waals surface area contributed by atoms with E-state index < -0.39 is 0 Å². The second kappa shape index (κ2) is 10.7. The van der Waals surface area contributed by atoms with Crippen LogP contribution in [-0.4, -0.2) is 24.5 Å². The van der Waals surface area contributed by atoms with Crippen LogP contribution in [0.3, 0.4) is 0 Å². The standard InChI is InChI=1S/C42H25N5S/c1-2-13-27(14-3-1)39-44-40(32-20-8-15-26-12-4-5-16-28(26)32)46-41(45-39)34-21-9-18-30-31-19-10-24-36(38(31)48-37(30)34)47-35-23-7-6-17-29(35)33-22-11-25-43-42(33)47/h1-25H. The Kier molecular flexibility index (Phi) is 5.98. The minimum atomic E-state index is 0.652. The molecule has 0 bridgehead atoms. The van der Waals surface area contributed by atoms with Gasteiger partial charge in [-0.3, -0.25) is 4.57 Å². The number of benzene rings is 6. The van der Waals surface area contributed by atoms with Crippen LogP contribution in [0.25, 0.3) is 92.7 Å². The molecule has 4 aromatic heterocycles. The third-order valence-electron chi connectivity index (χ3n) is 9.12. The van der Waals surface area contributed by atoms with Gasteiger partial charge in [0.25, 0.3) is 0 Å². The first-order valence-electron chi connectivity index (χ1n) is 15.9. The number of pyridine rings is 1. The average molecular weight is 632 g/mol. The van der Waals surface area contributed by atoms with E-state index in [9.17, 15) is 0 Å². The van der Waals surface area contributed by atoms with Crippen molar-refractivity contribution in [2.24, 2.45) is 0 Å². The summed E-state index contributed by atoms with van der Waals surface area (Å²) in [7, 11) is 0. The number of nitrogens with zero attached hydrogens (tertiary/aromatic N) is 5. The molecular formula is C42H25N5S. The second-order valence-corrected chi connectivity index (χ2v) is 12.9. The average Bonchev–Trinajstić information content (AvgIpc) is 3.71. The van der Waals surface area contributed by atoms with E-state index in [0.717, 1.165) is 54.4 Å². The third-order valence-corrected chi connectivity index (χ3v) is 10.4. The van der Waals surface area contributed by atoms with Gasteiger partial charge in [0.05, 0.1) is 15.9 Å². The minimum Gasteiger partial charge on any atom is -0.292 e. The predicted molar refractivity (Wildman–Crippen MR) is 199 cm³/mol. The van der Waals surface area contributed by atoms with Crippen LogP contribution in [0.15, 0.2) is 152 Å². The Balaban J connectivity index is 1.24. The maximum Gasteiger partial charge on any atom is 0.165 e. The largest absolute Gasteiger partial charge is 0.292 e. The molecule has 0 fully saturated rings. The predicted octanol–water partition coefficient (Wildman–Crippen LogP) is 10.9. The summed E-state index contributed by atoms with van der Waals surface area (Å²) in [6.07, 6.45) is 1.87. The van der Waals surface area contributed by atoms with Crippen molar-refractivity contribution in [2.45, 2.75) is 0 Å². The Morgan fingerprint density at radius 1 is 0.438 bits per heavy atom. The van der Waals surface area contributed by atoms with E-state index >= 15 is 0 Å². The molecule has 224 valence electrons. The molecule has 0 aliphatic rings. The van der Waals surface area contributed by atoms with E-state index in [4.69, 9.17) is 19.9 Å². The number of hydrogen-bond donors (Lipinski definition) is 0. The molecule has 6 heteroatoms. The van der Waals surface area contributed by atoms with Gasteiger partial charge in [-0.1, -0.05) is 115 Å². The zero-order chi connectivity index (χ0) is 31.6. The highest BCUT2D eigenvalue weighted by Gasteiger charge is 2.20. The molecule has 0 radical (unpaired) electrons. The maximum absolute atomic E-state index is 5.19. The van der Waals surface area contributed by atoms with E-state index in [-0.39, 0.29) is 0 Å². The highest BCUT2D eigenvalue weighted by molar-refractivity contribution is 7.26. The van der Waals surface area contributed by atoms with Crippen molar-refractivity contribution in [3.8, 4) is 39.9 Å². The minimum absolute atomic E-state index is 0.652. The molecule has 0 aliphatic heterocycles. The summed E-state index contributed by atoms with van der Waals surface area (Å²) in [5.74, 6) is 1.97. The molecule has 0 spiro atoms. The van der Waals surface area contributed by atoms with Crippen LogP contribution in [0.5, 0.6) is 0 Å². The van der Waals surface area contributed by atoms with Gasteiger partial charge in [-0.2, -0.15) is 0 Å². The van der Waals surface area contributed by atoms with Gasteiger partial charge in [0.1, 0.15) is 5.65 Å². The molecule has 0 atom stereocenters. The third kappa shape index (κ3) is 4.10. The number of aromatic nitrogens is 5. The molecule has 0 N–H and O–H groups in total. The molecule has 0 aliphatic carbocycles. The van der Waals surface area contributed by atoms with Gasteiger partial charge in [0.2, 0.25) is 0 Å². The Morgan fingerprint density at radius 3 is 1.96 bits per heavy atom. The summed E-state index contributed by atoms with van der Waals surface area (Å²) in [5, 5.41) is 6.97. The number of thiophene rings is 1. The first-order chi connectivity index (χ1) is 23.8. The highest BCUT2D eigenvalue weighted by Crippen LogP contribution is 2.43. The Hall–Kier alpha value is -6.24.